The molecule has 2 nitrogen and oxygen atoms in total. The van der Waals surface area contributed by atoms with Crippen LogP contribution in [-0.2, 0) is 0 Å². The highest BCUT2D eigenvalue weighted by atomic mass is 15.2. The summed E-state index contributed by atoms with van der Waals surface area (Å²) in [6.45, 7) is 5.19. The molecule has 1 heterocycles. The molecule has 1 saturated carbocycles. The fourth-order valence-electron chi connectivity index (χ4n) is 2.53. The topological polar surface area (TPSA) is 15.6 Å². The van der Waals surface area contributed by atoms with Crippen LogP contribution in [0.2, 0.25) is 0 Å². The lowest BCUT2D eigenvalue weighted by atomic mass is 9.94. The Morgan fingerprint density at radius 2 is 1.93 bits per heavy atom. The first-order valence-corrected chi connectivity index (χ1v) is 5.73. The second-order valence-electron chi connectivity index (χ2n) is 4.49. The molecule has 2 heteroatoms. The molecule has 0 amide bonds. The number of hydrogen-bond acceptors (Lipinski definition) is 2. The fraction of sp³-hybridized carbons (Fsp3) is 0.750. The Balaban J connectivity index is 2.02. The van der Waals surface area contributed by atoms with Gasteiger partial charge in [-0.3, -0.25) is 4.99 Å². The van der Waals surface area contributed by atoms with E-state index in [-0.39, 0.29) is 0 Å². The monoisotopic (exact) mass is 192 g/mol. The van der Waals surface area contributed by atoms with Gasteiger partial charge < -0.3 is 4.90 Å². The minimum atomic E-state index is 0.761. The first-order chi connectivity index (χ1) is 6.77. The van der Waals surface area contributed by atoms with Crippen molar-refractivity contribution < 1.29 is 0 Å². The lowest BCUT2D eigenvalue weighted by molar-refractivity contribution is 0.203. The zero-order valence-corrected chi connectivity index (χ0v) is 9.29. The fourth-order valence-corrected chi connectivity index (χ4v) is 2.53. The Kier molecular flexibility index (Phi) is 2.90. The predicted molar refractivity (Wildman–Crippen MR) is 60.4 cm³/mol. The van der Waals surface area contributed by atoms with Gasteiger partial charge in [-0.05, 0) is 32.8 Å². The van der Waals surface area contributed by atoms with Crippen molar-refractivity contribution in [3.8, 4) is 0 Å². The Hall–Kier alpha value is -0.790. The second kappa shape index (κ2) is 4.16. The third kappa shape index (κ3) is 1.99. The lowest BCUT2D eigenvalue weighted by Crippen LogP contribution is -2.37. The number of allylic oxidation sites excluding steroid dienone is 2. The van der Waals surface area contributed by atoms with E-state index in [1.165, 1.54) is 43.5 Å². The Morgan fingerprint density at radius 1 is 1.21 bits per heavy atom. The molecule has 2 aliphatic rings. The molecule has 2 rings (SSSR count). The molecular formula is C12H20N2. The third-order valence-corrected chi connectivity index (χ3v) is 3.36. The summed E-state index contributed by atoms with van der Waals surface area (Å²) in [6, 6.07) is 0.761. The molecule has 0 unspecified atom stereocenters. The van der Waals surface area contributed by atoms with Crippen LogP contribution < -0.4 is 0 Å². The van der Waals surface area contributed by atoms with Crippen molar-refractivity contribution in [2.75, 3.05) is 6.67 Å². The van der Waals surface area contributed by atoms with Crippen LogP contribution in [0, 0.1) is 0 Å². The summed E-state index contributed by atoms with van der Waals surface area (Å²) in [6.07, 6.45) is 9.15. The molecule has 0 aromatic heterocycles. The van der Waals surface area contributed by atoms with E-state index in [1.807, 2.05) is 0 Å². The molecule has 1 fully saturated rings. The van der Waals surface area contributed by atoms with E-state index in [0.29, 0.717) is 0 Å². The molecule has 0 bridgehead atoms. The van der Waals surface area contributed by atoms with E-state index in [1.54, 1.807) is 0 Å². The largest absolute Gasteiger partial charge is 0.353 e. The number of rotatable bonds is 1. The quantitative estimate of drug-likeness (QED) is 0.623. The Bertz CT molecular complexity index is 259. The predicted octanol–water partition coefficient (Wildman–Crippen LogP) is 2.96. The summed E-state index contributed by atoms with van der Waals surface area (Å²) in [5.41, 5.74) is 2.58. The number of nitrogens with zero attached hydrogens (tertiary/aromatic N) is 2. The van der Waals surface area contributed by atoms with Crippen LogP contribution in [0.3, 0.4) is 0 Å². The van der Waals surface area contributed by atoms with Crippen molar-refractivity contribution in [3.05, 3.63) is 11.8 Å². The molecule has 0 radical (unpaired) electrons. The van der Waals surface area contributed by atoms with E-state index < -0.39 is 0 Å². The van der Waals surface area contributed by atoms with Crippen LogP contribution in [0.15, 0.2) is 16.8 Å². The maximum Gasteiger partial charge on any atom is 0.110 e. The van der Waals surface area contributed by atoms with Crippen molar-refractivity contribution in [2.45, 2.75) is 52.0 Å². The van der Waals surface area contributed by atoms with E-state index in [9.17, 15) is 0 Å². The SMILES string of the molecule is CC1=CC(C)=NCN1C1CCCCC1. The average molecular weight is 192 g/mol. The van der Waals surface area contributed by atoms with Gasteiger partial charge in [0.05, 0.1) is 0 Å². The normalized spacial score (nSPS) is 24.6. The van der Waals surface area contributed by atoms with Crippen LogP contribution in [0.5, 0.6) is 0 Å². The molecular weight excluding hydrogens is 172 g/mol. The minimum absolute atomic E-state index is 0.761. The van der Waals surface area contributed by atoms with Crippen molar-refractivity contribution >= 4 is 5.71 Å². The van der Waals surface area contributed by atoms with Gasteiger partial charge in [-0.1, -0.05) is 19.3 Å². The number of aliphatic imine (C=N–C) groups is 1. The average Bonchev–Trinajstić information content (AvgIpc) is 2.19. The van der Waals surface area contributed by atoms with Crippen molar-refractivity contribution in [1.29, 1.82) is 0 Å². The molecule has 0 atom stereocenters. The molecule has 0 N–H and O–H groups in total. The molecule has 78 valence electrons. The van der Waals surface area contributed by atoms with Gasteiger partial charge in [-0.25, -0.2) is 0 Å². The van der Waals surface area contributed by atoms with Gasteiger partial charge in [-0.2, -0.15) is 0 Å². The molecule has 14 heavy (non-hydrogen) atoms. The first-order valence-electron chi connectivity index (χ1n) is 5.73. The maximum absolute atomic E-state index is 4.50. The van der Waals surface area contributed by atoms with E-state index in [2.05, 4.69) is 29.8 Å². The van der Waals surface area contributed by atoms with Crippen LogP contribution in [-0.4, -0.2) is 23.3 Å². The Labute approximate surface area is 86.7 Å². The van der Waals surface area contributed by atoms with Gasteiger partial charge in [-0.15, -0.1) is 0 Å². The standard InChI is InChI=1S/C12H20N2/c1-10-8-11(2)14(9-13-10)12-6-4-3-5-7-12/h8,12H,3-7,9H2,1-2H3. The van der Waals surface area contributed by atoms with Crippen LogP contribution in [0.25, 0.3) is 0 Å². The van der Waals surface area contributed by atoms with Crippen molar-refractivity contribution in [2.24, 2.45) is 4.99 Å². The van der Waals surface area contributed by atoms with Gasteiger partial charge in [0.1, 0.15) is 6.67 Å². The number of hydrogen-bond donors (Lipinski definition) is 0. The highest BCUT2D eigenvalue weighted by Gasteiger charge is 2.22. The molecule has 1 aliphatic heterocycles. The van der Waals surface area contributed by atoms with E-state index in [0.717, 1.165) is 12.7 Å². The second-order valence-corrected chi connectivity index (χ2v) is 4.49. The van der Waals surface area contributed by atoms with Gasteiger partial charge >= 0.3 is 0 Å². The summed E-state index contributed by atoms with van der Waals surface area (Å²) >= 11 is 0. The van der Waals surface area contributed by atoms with Crippen molar-refractivity contribution in [3.63, 3.8) is 0 Å². The van der Waals surface area contributed by atoms with E-state index >= 15 is 0 Å². The maximum atomic E-state index is 4.50. The summed E-state index contributed by atoms with van der Waals surface area (Å²) in [4.78, 5) is 6.98. The van der Waals surface area contributed by atoms with Gasteiger partial charge in [0.25, 0.3) is 0 Å². The Morgan fingerprint density at radius 3 is 2.57 bits per heavy atom. The highest BCUT2D eigenvalue weighted by molar-refractivity contribution is 5.93. The molecule has 1 aliphatic carbocycles. The lowest BCUT2D eigenvalue weighted by Gasteiger charge is -2.37. The van der Waals surface area contributed by atoms with Crippen LogP contribution in [0.1, 0.15) is 46.0 Å². The van der Waals surface area contributed by atoms with Crippen molar-refractivity contribution in [1.82, 2.24) is 4.90 Å². The summed E-state index contributed by atoms with van der Waals surface area (Å²) < 4.78 is 0. The zero-order chi connectivity index (χ0) is 9.97. The molecule has 0 aromatic rings. The van der Waals surface area contributed by atoms with Crippen LogP contribution >= 0.6 is 0 Å². The molecule has 0 saturated heterocycles. The summed E-state index contributed by atoms with van der Waals surface area (Å²) in [5, 5.41) is 0. The zero-order valence-electron chi connectivity index (χ0n) is 9.29. The van der Waals surface area contributed by atoms with Gasteiger partial charge in [0, 0.05) is 17.5 Å². The summed E-state index contributed by atoms with van der Waals surface area (Å²) in [5.74, 6) is 0. The van der Waals surface area contributed by atoms with Crippen LogP contribution in [0.4, 0.5) is 0 Å². The third-order valence-electron chi connectivity index (χ3n) is 3.36. The smallest absolute Gasteiger partial charge is 0.110 e. The van der Waals surface area contributed by atoms with Gasteiger partial charge in [0.15, 0.2) is 0 Å². The summed E-state index contributed by atoms with van der Waals surface area (Å²) in [7, 11) is 0. The highest BCUT2D eigenvalue weighted by Crippen LogP contribution is 2.26. The first kappa shape index (κ1) is 9.75. The van der Waals surface area contributed by atoms with Gasteiger partial charge in [0.2, 0.25) is 0 Å². The van der Waals surface area contributed by atoms with E-state index in [4.69, 9.17) is 0 Å². The minimum Gasteiger partial charge on any atom is -0.353 e. The molecule has 0 spiro atoms. The molecule has 0 aromatic carbocycles.